The minimum Gasteiger partial charge on any atom is -0.360 e. The number of aromatic amines is 1. The molecule has 3 aromatic rings. The van der Waals surface area contributed by atoms with Gasteiger partial charge in [-0.3, -0.25) is 0 Å². The summed E-state index contributed by atoms with van der Waals surface area (Å²) in [6, 6.07) is 8.26. The summed E-state index contributed by atoms with van der Waals surface area (Å²) in [5, 5.41) is 1.21. The van der Waals surface area contributed by atoms with Gasteiger partial charge in [-0.1, -0.05) is 18.2 Å². The number of para-hydroxylation sites is 1. The summed E-state index contributed by atoms with van der Waals surface area (Å²) in [4.78, 5) is 7.51. The average molecular weight is 276 g/mol. The Morgan fingerprint density at radius 2 is 2.12 bits per heavy atom. The highest BCUT2D eigenvalue weighted by atomic mass is 79.9. The van der Waals surface area contributed by atoms with Gasteiger partial charge in [0.25, 0.3) is 0 Å². The second kappa shape index (κ2) is 3.49. The van der Waals surface area contributed by atoms with E-state index < -0.39 is 0 Å². The highest BCUT2D eigenvalue weighted by Gasteiger charge is 2.12. The molecule has 0 aliphatic heterocycles. The van der Waals surface area contributed by atoms with Gasteiger partial charge in [-0.05, 0) is 22.0 Å². The summed E-state index contributed by atoms with van der Waals surface area (Å²) in [6.45, 7) is 0. The molecule has 0 unspecified atom stereocenters. The van der Waals surface area contributed by atoms with Crippen molar-refractivity contribution in [2.24, 2.45) is 7.05 Å². The van der Waals surface area contributed by atoms with Crippen molar-refractivity contribution in [3.63, 3.8) is 0 Å². The largest absolute Gasteiger partial charge is 0.360 e. The molecule has 0 spiro atoms. The van der Waals surface area contributed by atoms with Crippen LogP contribution in [0.15, 0.2) is 41.4 Å². The van der Waals surface area contributed by atoms with E-state index in [1.54, 1.807) is 6.33 Å². The van der Waals surface area contributed by atoms with Gasteiger partial charge in [-0.2, -0.15) is 0 Å². The molecular weight excluding hydrogens is 266 g/mol. The first-order chi connectivity index (χ1) is 7.77. The fraction of sp³-hybridized carbons (Fsp3) is 0.0833. The Bertz CT molecular complexity index is 632. The van der Waals surface area contributed by atoms with Crippen LogP contribution in [0.3, 0.4) is 0 Å². The van der Waals surface area contributed by atoms with E-state index in [0.717, 1.165) is 15.8 Å². The van der Waals surface area contributed by atoms with Crippen LogP contribution < -0.4 is 0 Å². The van der Waals surface area contributed by atoms with Crippen LogP contribution in [0.25, 0.3) is 22.2 Å². The monoisotopic (exact) mass is 275 g/mol. The lowest BCUT2D eigenvalue weighted by molar-refractivity contribution is 0.922. The van der Waals surface area contributed by atoms with Gasteiger partial charge in [0, 0.05) is 29.7 Å². The number of benzene rings is 1. The minimum absolute atomic E-state index is 0.875. The number of nitrogens with zero attached hydrogens (tertiary/aromatic N) is 2. The van der Waals surface area contributed by atoms with Crippen molar-refractivity contribution in [2.45, 2.75) is 0 Å². The zero-order valence-electron chi connectivity index (χ0n) is 8.74. The number of hydrogen-bond acceptors (Lipinski definition) is 1. The van der Waals surface area contributed by atoms with Gasteiger partial charge in [-0.15, -0.1) is 0 Å². The lowest BCUT2D eigenvalue weighted by Gasteiger charge is -2.01. The van der Waals surface area contributed by atoms with Crippen molar-refractivity contribution in [2.75, 3.05) is 0 Å². The fourth-order valence-electron chi connectivity index (χ4n) is 1.97. The zero-order chi connectivity index (χ0) is 11.1. The second-order valence-corrected chi connectivity index (χ2v) is 4.49. The summed E-state index contributed by atoms with van der Waals surface area (Å²) in [7, 11) is 1.99. The maximum Gasteiger partial charge on any atom is 0.132 e. The molecule has 80 valence electrons. The highest BCUT2D eigenvalue weighted by Crippen LogP contribution is 2.32. The van der Waals surface area contributed by atoms with E-state index in [4.69, 9.17) is 0 Å². The molecule has 3 rings (SSSR count). The van der Waals surface area contributed by atoms with E-state index in [2.05, 4.69) is 38.0 Å². The Morgan fingerprint density at radius 3 is 2.88 bits per heavy atom. The molecule has 0 aliphatic rings. The topological polar surface area (TPSA) is 33.6 Å². The molecule has 1 aromatic carbocycles. The Morgan fingerprint density at radius 1 is 1.31 bits per heavy atom. The van der Waals surface area contributed by atoms with E-state index in [-0.39, 0.29) is 0 Å². The third-order valence-corrected chi connectivity index (χ3v) is 3.32. The number of imidazole rings is 1. The number of rotatable bonds is 1. The predicted octanol–water partition coefficient (Wildman–Crippen LogP) is 3.33. The maximum absolute atomic E-state index is 4.24. The van der Waals surface area contributed by atoms with E-state index in [0.29, 0.717) is 0 Å². The Kier molecular flexibility index (Phi) is 2.11. The van der Waals surface area contributed by atoms with Gasteiger partial charge in [-0.25, -0.2) is 4.98 Å². The molecule has 0 amide bonds. The molecule has 2 aromatic heterocycles. The molecule has 16 heavy (non-hydrogen) atoms. The SMILES string of the molecule is Cn1cnc(Br)c1-c1c[nH]c2ccccc12. The Balaban J connectivity index is 2.35. The molecule has 0 radical (unpaired) electrons. The van der Waals surface area contributed by atoms with Crippen molar-refractivity contribution in [1.82, 2.24) is 14.5 Å². The van der Waals surface area contributed by atoms with Gasteiger partial charge in [0.2, 0.25) is 0 Å². The van der Waals surface area contributed by atoms with Crippen molar-refractivity contribution in [3.05, 3.63) is 41.4 Å². The number of aryl methyl sites for hydroxylation is 1. The first-order valence-corrected chi connectivity index (χ1v) is 5.80. The summed E-state index contributed by atoms with van der Waals surface area (Å²) >= 11 is 3.48. The lowest BCUT2D eigenvalue weighted by atomic mass is 10.1. The van der Waals surface area contributed by atoms with Crippen LogP contribution in [0.4, 0.5) is 0 Å². The number of aromatic nitrogens is 3. The minimum atomic E-state index is 0.875. The third kappa shape index (κ3) is 1.30. The highest BCUT2D eigenvalue weighted by molar-refractivity contribution is 9.10. The summed E-state index contributed by atoms with van der Waals surface area (Å²) in [5.41, 5.74) is 3.41. The number of H-pyrrole nitrogens is 1. The molecule has 0 fully saturated rings. The van der Waals surface area contributed by atoms with Crippen LogP contribution in [0.2, 0.25) is 0 Å². The number of fused-ring (bicyclic) bond motifs is 1. The molecule has 1 N–H and O–H groups in total. The number of halogens is 1. The van der Waals surface area contributed by atoms with Crippen LogP contribution in [0, 0.1) is 0 Å². The molecule has 0 saturated heterocycles. The van der Waals surface area contributed by atoms with Crippen molar-refractivity contribution < 1.29 is 0 Å². The number of nitrogens with one attached hydrogen (secondary N) is 1. The van der Waals surface area contributed by atoms with E-state index in [1.165, 1.54) is 10.9 Å². The van der Waals surface area contributed by atoms with Crippen LogP contribution in [0.1, 0.15) is 0 Å². The average Bonchev–Trinajstić information content (AvgIpc) is 2.83. The Labute approximate surface area is 101 Å². The molecule has 2 heterocycles. The molecule has 0 aliphatic carbocycles. The number of hydrogen-bond donors (Lipinski definition) is 1. The molecule has 4 heteroatoms. The van der Waals surface area contributed by atoms with Gasteiger partial charge >= 0.3 is 0 Å². The van der Waals surface area contributed by atoms with E-state index >= 15 is 0 Å². The van der Waals surface area contributed by atoms with Crippen LogP contribution in [0.5, 0.6) is 0 Å². The zero-order valence-corrected chi connectivity index (χ0v) is 10.3. The van der Waals surface area contributed by atoms with Crippen LogP contribution in [-0.4, -0.2) is 14.5 Å². The molecule has 0 saturated carbocycles. The van der Waals surface area contributed by atoms with Gasteiger partial charge in [0.1, 0.15) is 4.60 Å². The van der Waals surface area contributed by atoms with E-state index in [9.17, 15) is 0 Å². The van der Waals surface area contributed by atoms with Crippen LogP contribution in [-0.2, 0) is 7.05 Å². The summed E-state index contributed by atoms with van der Waals surface area (Å²) in [6.07, 6.45) is 3.83. The summed E-state index contributed by atoms with van der Waals surface area (Å²) in [5.74, 6) is 0. The molecule has 3 nitrogen and oxygen atoms in total. The second-order valence-electron chi connectivity index (χ2n) is 3.74. The first-order valence-electron chi connectivity index (χ1n) is 5.00. The fourth-order valence-corrected chi connectivity index (χ4v) is 2.56. The van der Waals surface area contributed by atoms with Crippen molar-refractivity contribution in [1.29, 1.82) is 0 Å². The Hall–Kier alpha value is -1.55. The third-order valence-electron chi connectivity index (χ3n) is 2.74. The van der Waals surface area contributed by atoms with Gasteiger partial charge < -0.3 is 9.55 Å². The normalized spacial score (nSPS) is 11.1. The standard InChI is InChI=1S/C12H10BrN3/c1-16-7-15-12(13)11(16)9-6-14-10-5-3-2-4-8(9)10/h2-7,14H,1H3. The first kappa shape index (κ1) is 9.66. The molecule has 0 atom stereocenters. The van der Waals surface area contributed by atoms with Gasteiger partial charge in [0.15, 0.2) is 0 Å². The molecular formula is C12H10BrN3. The van der Waals surface area contributed by atoms with Crippen molar-refractivity contribution >= 4 is 26.8 Å². The lowest BCUT2D eigenvalue weighted by Crippen LogP contribution is -1.88. The van der Waals surface area contributed by atoms with E-state index in [1.807, 2.05) is 29.9 Å². The van der Waals surface area contributed by atoms with Crippen LogP contribution >= 0.6 is 15.9 Å². The predicted molar refractivity (Wildman–Crippen MR) is 68.2 cm³/mol. The maximum atomic E-state index is 4.24. The summed E-state index contributed by atoms with van der Waals surface area (Å²) < 4.78 is 2.89. The van der Waals surface area contributed by atoms with Gasteiger partial charge in [0.05, 0.1) is 12.0 Å². The molecule has 0 bridgehead atoms. The van der Waals surface area contributed by atoms with Crippen molar-refractivity contribution in [3.8, 4) is 11.3 Å². The smallest absolute Gasteiger partial charge is 0.132 e. The quantitative estimate of drug-likeness (QED) is 0.726.